The Labute approximate surface area is 213 Å². The van der Waals surface area contributed by atoms with Crippen molar-refractivity contribution >= 4 is 41.6 Å². The zero-order valence-corrected chi connectivity index (χ0v) is 20.8. The lowest BCUT2D eigenvalue weighted by atomic mass is 10.0. The molecule has 0 bridgehead atoms. The SMILES string of the molecule is CC(C)C[C@H](NC(=O)[C@H](CCC(=O)O)NC(=O)[C@H](CCCN=C(N)N)NC(=O)[C@@H](N)CC(=O)O)C(=O)O. The summed E-state index contributed by atoms with van der Waals surface area (Å²) in [4.78, 5) is 75.3. The topological polar surface area (TPSA) is 290 Å². The quantitative estimate of drug-likeness (QED) is 0.0495. The fraction of sp³-hybridized carbons (Fsp3) is 0.667. The second kappa shape index (κ2) is 16.7. The van der Waals surface area contributed by atoms with Crippen molar-refractivity contribution in [3.05, 3.63) is 0 Å². The number of carboxylic acid groups (broad SMARTS) is 3. The number of carbonyl (C=O) groups is 6. The molecule has 0 unspecified atom stereocenters. The zero-order chi connectivity index (χ0) is 28.7. The summed E-state index contributed by atoms with van der Waals surface area (Å²) < 4.78 is 0. The number of nitrogens with two attached hydrogens (primary N) is 3. The van der Waals surface area contributed by atoms with Crippen LogP contribution in [0, 0.1) is 5.92 Å². The van der Waals surface area contributed by atoms with E-state index in [4.69, 9.17) is 27.4 Å². The molecule has 3 amide bonds. The third-order valence-corrected chi connectivity index (χ3v) is 4.91. The Morgan fingerprint density at radius 1 is 0.784 bits per heavy atom. The number of amides is 3. The first kappa shape index (κ1) is 33.0. The summed E-state index contributed by atoms with van der Waals surface area (Å²) in [5.41, 5.74) is 16.1. The van der Waals surface area contributed by atoms with Crippen LogP contribution in [-0.2, 0) is 28.8 Å². The minimum atomic E-state index is -1.47. The highest BCUT2D eigenvalue weighted by Gasteiger charge is 2.31. The monoisotopic (exact) mass is 531 g/mol. The largest absolute Gasteiger partial charge is 0.481 e. The highest BCUT2D eigenvalue weighted by atomic mass is 16.4. The molecule has 0 rings (SSSR count). The normalized spacial score (nSPS) is 13.9. The Kier molecular flexibility index (Phi) is 14.9. The standard InChI is InChI=1S/C21H37N7O9/c1-10(2)8-14(20(36)37)28-19(35)13(5-6-15(29)30)27-18(34)12(4-3-7-25-21(23)24)26-17(33)11(22)9-16(31)32/h10-14H,3-9,22H2,1-2H3,(H,26,33)(H,27,34)(H,28,35)(H,29,30)(H,31,32)(H,36,37)(H4,23,24,25)/t11-,12-,13-,14-/m0/s1. The van der Waals surface area contributed by atoms with Gasteiger partial charge in [-0.2, -0.15) is 0 Å². The molecule has 0 heterocycles. The van der Waals surface area contributed by atoms with Crippen LogP contribution in [0.5, 0.6) is 0 Å². The van der Waals surface area contributed by atoms with Crippen molar-refractivity contribution in [3.63, 3.8) is 0 Å². The van der Waals surface area contributed by atoms with Gasteiger partial charge in [0, 0.05) is 13.0 Å². The van der Waals surface area contributed by atoms with Crippen molar-refractivity contribution < 1.29 is 44.1 Å². The Balaban J connectivity index is 5.71. The third-order valence-electron chi connectivity index (χ3n) is 4.91. The van der Waals surface area contributed by atoms with Crippen molar-refractivity contribution in [1.82, 2.24) is 16.0 Å². The number of nitrogens with one attached hydrogen (secondary N) is 3. The van der Waals surface area contributed by atoms with Gasteiger partial charge in [-0.25, -0.2) is 4.79 Å². The molecule has 0 radical (unpaired) electrons. The predicted molar refractivity (Wildman–Crippen MR) is 130 cm³/mol. The molecule has 16 nitrogen and oxygen atoms in total. The van der Waals surface area contributed by atoms with Crippen molar-refractivity contribution in [2.45, 2.75) is 76.5 Å². The molecule has 0 saturated heterocycles. The van der Waals surface area contributed by atoms with Crippen molar-refractivity contribution in [2.75, 3.05) is 6.54 Å². The number of hydrogen-bond acceptors (Lipinski definition) is 8. The molecule has 0 fully saturated rings. The summed E-state index contributed by atoms with van der Waals surface area (Å²) in [7, 11) is 0. The summed E-state index contributed by atoms with van der Waals surface area (Å²) in [6, 6.07) is -5.50. The van der Waals surface area contributed by atoms with E-state index in [1.54, 1.807) is 13.8 Å². The van der Waals surface area contributed by atoms with Gasteiger partial charge in [0.2, 0.25) is 17.7 Å². The summed E-state index contributed by atoms with van der Waals surface area (Å²) in [6.07, 6.45) is -1.37. The molecule has 0 aliphatic rings. The summed E-state index contributed by atoms with van der Waals surface area (Å²) in [5, 5.41) is 34.2. The van der Waals surface area contributed by atoms with Crippen LogP contribution >= 0.6 is 0 Å². The molecule has 210 valence electrons. The first-order chi connectivity index (χ1) is 17.1. The fourth-order valence-electron chi connectivity index (χ4n) is 3.11. The molecule has 0 spiro atoms. The molecule has 16 heteroatoms. The summed E-state index contributed by atoms with van der Waals surface area (Å²) in [6.45, 7) is 3.58. The van der Waals surface area contributed by atoms with Gasteiger partial charge in [0.25, 0.3) is 0 Å². The van der Waals surface area contributed by atoms with E-state index >= 15 is 0 Å². The van der Waals surface area contributed by atoms with E-state index in [0.717, 1.165) is 0 Å². The Morgan fingerprint density at radius 3 is 1.76 bits per heavy atom. The molecule has 37 heavy (non-hydrogen) atoms. The Bertz CT molecular complexity index is 859. The van der Waals surface area contributed by atoms with Crippen LogP contribution in [0.15, 0.2) is 4.99 Å². The molecular weight excluding hydrogens is 494 g/mol. The van der Waals surface area contributed by atoms with E-state index in [-0.39, 0.29) is 44.1 Å². The van der Waals surface area contributed by atoms with Gasteiger partial charge in [-0.15, -0.1) is 0 Å². The molecule has 0 aliphatic heterocycles. The van der Waals surface area contributed by atoms with Gasteiger partial charge in [-0.1, -0.05) is 13.8 Å². The number of carbonyl (C=O) groups excluding carboxylic acids is 3. The number of hydrogen-bond donors (Lipinski definition) is 9. The van der Waals surface area contributed by atoms with Crippen molar-refractivity contribution in [2.24, 2.45) is 28.1 Å². The number of nitrogens with zero attached hydrogens (tertiary/aromatic N) is 1. The van der Waals surface area contributed by atoms with E-state index < -0.39 is 72.6 Å². The molecule has 0 saturated carbocycles. The van der Waals surface area contributed by atoms with Gasteiger partial charge in [-0.05, 0) is 31.6 Å². The molecule has 0 aromatic heterocycles. The van der Waals surface area contributed by atoms with Crippen LogP contribution in [0.2, 0.25) is 0 Å². The van der Waals surface area contributed by atoms with Crippen molar-refractivity contribution in [1.29, 1.82) is 0 Å². The second-order valence-corrected chi connectivity index (χ2v) is 8.74. The average Bonchev–Trinajstić information content (AvgIpc) is 2.76. The Morgan fingerprint density at radius 2 is 1.30 bits per heavy atom. The van der Waals surface area contributed by atoms with E-state index in [9.17, 15) is 33.9 Å². The van der Waals surface area contributed by atoms with Gasteiger partial charge < -0.3 is 48.5 Å². The fourth-order valence-corrected chi connectivity index (χ4v) is 3.11. The molecule has 0 aliphatic carbocycles. The first-order valence-corrected chi connectivity index (χ1v) is 11.5. The number of carboxylic acids is 3. The lowest BCUT2D eigenvalue weighted by Crippen LogP contribution is -2.57. The third kappa shape index (κ3) is 14.9. The maximum atomic E-state index is 13.0. The zero-order valence-electron chi connectivity index (χ0n) is 20.8. The Hall–Kier alpha value is -3.95. The highest BCUT2D eigenvalue weighted by molar-refractivity contribution is 5.94. The predicted octanol–water partition coefficient (Wildman–Crippen LogP) is -2.71. The van der Waals surface area contributed by atoms with Crippen LogP contribution in [0.1, 0.15) is 52.4 Å². The number of guanidine groups is 1. The van der Waals surface area contributed by atoms with Gasteiger partial charge in [0.15, 0.2) is 5.96 Å². The molecule has 4 atom stereocenters. The van der Waals surface area contributed by atoms with E-state index in [1.165, 1.54) is 0 Å². The lowest BCUT2D eigenvalue weighted by Gasteiger charge is -2.25. The average molecular weight is 532 g/mol. The molecule has 0 aromatic rings. The molecular formula is C21H37N7O9. The summed E-state index contributed by atoms with van der Waals surface area (Å²) in [5.74, 6) is -6.96. The van der Waals surface area contributed by atoms with E-state index in [1.807, 2.05) is 0 Å². The minimum Gasteiger partial charge on any atom is -0.481 e. The minimum absolute atomic E-state index is 0.0491. The van der Waals surface area contributed by atoms with E-state index in [0.29, 0.717) is 0 Å². The van der Waals surface area contributed by atoms with Gasteiger partial charge >= 0.3 is 17.9 Å². The smallest absolute Gasteiger partial charge is 0.326 e. The number of aliphatic imine (C=N–C) groups is 1. The highest BCUT2D eigenvalue weighted by Crippen LogP contribution is 2.08. The van der Waals surface area contributed by atoms with Crippen LogP contribution in [0.3, 0.4) is 0 Å². The number of rotatable bonds is 18. The van der Waals surface area contributed by atoms with Crippen molar-refractivity contribution in [3.8, 4) is 0 Å². The van der Waals surface area contributed by atoms with Crippen LogP contribution < -0.4 is 33.2 Å². The van der Waals surface area contributed by atoms with Crippen LogP contribution in [0.25, 0.3) is 0 Å². The van der Waals surface area contributed by atoms with Crippen LogP contribution in [0.4, 0.5) is 0 Å². The summed E-state index contributed by atoms with van der Waals surface area (Å²) >= 11 is 0. The molecule has 12 N–H and O–H groups in total. The maximum absolute atomic E-state index is 13.0. The van der Waals surface area contributed by atoms with Gasteiger partial charge in [0.05, 0.1) is 12.5 Å². The number of aliphatic carboxylic acids is 3. The first-order valence-electron chi connectivity index (χ1n) is 11.5. The van der Waals surface area contributed by atoms with Crippen LogP contribution in [-0.4, -0.2) is 87.6 Å². The molecule has 0 aromatic carbocycles. The maximum Gasteiger partial charge on any atom is 0.326 e. The second-order valence-electron chi connectivity index (χ2n) is 8.74. The van der Waals surface area contributed by atoms with Gasteiger partial charge in [-0.3, -0.25) is 29.0 Å². The van der Waals surface area contributed by atoms with E-state index in [2.05, 4.69) is 20.9 Å². The van der Waals surface area contributed by atoms with Gasteiger partial charge in [0.1, 0.15) is 18.1 Å². The lowest BCUT2D eigenvalue weighted by molar-refractivity contribution is -0.143.